The molecule has 0 saturated carbocycles. The summed E-state index contributed by atoms with van der Waals surface area (Å²) in [5, 5.41) is 11.5. The molecule has 0 radical (unpaired) electrons. The highest BCUT2D eigenvalue weighted by molar-refractivity contribution is 5.92. The second-order valence-corrected chi connectivity index (χ2v) is 6.57. The van der Waals surface area contributed by atoms with Gasteiger partial charge in [-0.25, -0.2) is 9.97 Å². The number of anilines is 1. The second kappa shape index (κ2) is 7.43. The first-order chi connectivity index (χ1) is 11.4. The van der Waals surface area contributed by atoms with Crippen LogP contribution in [0.5, 0.6) is 0 Å². The van der Waals surface area contributed by atoms with Gasteiger partial charge in [-0.15, -0.1) is 0 Å². The molecule has 2 aromatic rings. The molecule has 5 heteroatoms. The van der Waals surface area contributed by atoms with Crippen LogP contribution in [0.15, 0.2) is 6.07 Å². The molecule has 1 fully saturated rings. The molecule has 0 aliphatic carbocycles. The number of piperidine rings is 1. The van der Waals surface area contributed by atoms with Crippen molar-refractivity contribution in [3.63, 3.8) is 0 Å². The molecule has 0 spiro atoms. The molecule has 0 amide bonds. The molecule has 1 aliphatic heterocycles. The van der Waals surface area contributed by atoms with Gasteiger partial charge in [-0.05, 0) is 46.1 Å². The number of hydrogen-bond acceptors (Lipinski definition) is 5. The first-order valence-electron chi connectivity index (χ1n) is 9.02. The van der Waals surface area contributed by atoms with Gasteiger partial charge in [0.15, 0.2) is 0 Å². The zero-order valence-corrected chi connectivity index (χ0v) is 15.8. The standard InChI is InChI=1S/C17H24N4O.C2H6/c1-5-13-15-14(9-11(2)18-13)19-12(3)20-16(15)21-8-6-7-17(4,22)10-21;1-2/h9,22H,5-8,10H2,1-4H3;1-2H3. The van der Waals surface area contributed by atoms with Crippen LogP contribution in [-0.4, -0.2) is 38.7 Å². The molecule has 5 nitrogen and oxygen atoms in total. The first kappa shape index (κ1) is 18.6. The van der Waals surface area contributed by atoms with Gasteiger partial charge in [-0.1, -0.05) is 20.8 Å². The average Bonchev–Trinajstić information content (AvgIpc) is 2.53. The number of nitrogens with zero attached hydrogens (tertiary/aromatic N) is 4. The zero-order chi connectivity index (χ0) is 17.9. The number of hydrogen-bond donors (Lipinski definition) is 1. The minimum Gasteiger partial charge on any atom is -0.388 e. The second-order valence-electron chi connectivity index (χ2n) is 6.57. The van der Waals surface area contributed by atoms with Crippen molar-refractivity contribution in [1.82, 2.24) is 15.0 Å². The van der Waals surface area contributed by atoms with Crippen molar-refractivity contribution in [2.75, 3.05) is 18.0 Å². The molecule has 3 rings (SSSR count). The Bertz CT molecular complexity index is 707. The summed E-state index contributed by atoms with van der Waals surface area (Å²) in [5.74, 6) is 1.69. The van der Waals surface area contributed by atoms with Crippen molar-refractivity contribution in [2.45, 2.75) is 66.4 Å². The quantitative estimate of drug-likeness (QED) is 0.912. The Morgan fingerprint density at radius 1 is 1.21 bits per heavy atom. The highest BCUT2D eigenvalue weighted by atomic mass is 16.3. The molecule has 2 aromatic heterocycles. The zero-order valence-electron chi connectivity index (χ0n) is 15.8. The van der Waals surface area contributed by atoms with Crippen LogP contribution in [-0.2, 0) is 6.42 Å². The number of pyridine rings is 1. The molecule has 3 heterocycles. The third kappa shape index (κ3) is 3.83. The third-order valence-corrected chi connectivity index (χ3v) is 4.28. The van der Waals surface area contributed by atoms with Crippen LogP contribution in [0, 0.1) is 13.8 Å². The van der Waals surface area contributed by atoms with E-state index in [1.54, 1.807) is 0 Å². The molecule has 1 unspecified atom stereocenters. The van der Waals surface area contributed by atoms with E-state index in [0.29, 0.717) is 6.54 Å². The van der Waals surface area contributed by atoms with Crippen molar-refractivity contribution >= 4 is 16.7 Å². The minimum atomic E-state index is -0.659. The molecule has 1 aliphatic rings. The summed E-state index contributed by atoms with van der Waals surface area (Å²) in [6.07, 6.45) is 2.66. The topological polar surface area (TPSA) is 62.1 Å². The fraction of sp³-hybridized carbons (Fsp3) is 0.632. The van der Waals surface area contributed by atoms with E-state index in [1.165, 1.54) is 0 Å². The lowest BCUT2D eigenvalue weighted by atomic mass is 9.95. The highest BCUT2D eigenvalue weighted by Crippen LogP contribution is 2.31. The van der Waals surface area contributed by atoms with Gasteiger partial charge < -0.3 is 10.0 Å². The van der Waals surface area contributed by atoms with E-state index in [2.05, 4.69) is 21.8 Å². The van der Waals surface area contributed by atoms with Gasteiger partial charge in [0, 0.05) is 18.8 Å². The summed E-state index contributed by atoms with van der Waals surface area (Å²) in [6.45, 7) is 13.5. The van der Waals surface area contributed by atoms with Crippen molar-refractivity contribution in [2.24, 2.45) is 0 Å². The maximum Gasteiger partial charge on any atom is 0.142 e. The number of aliphatic hydroxyl groups is 1. The lowest BCUT2D eigenvalue weighted by Gasteiger charge is -2.38. The third-order valence-electron chi connectivity index (χ3n) is 4.28. The van der Waals surface area contributed by atoms with Crippen LogP contribution in [0.2, 0.25) is 0 Å². The molecular formula is C19H30N4O. The van der Waals surface area contributed by atoms with Crippen LogP contribution in [0.1, 0.15) is 57.7 Å². The van der Waals surface area contributed by atoms with Gasteiger partial charge in [0.25, 0.3) is 0 Å². The Kier molecular flexibility index (Phi) is 5.75. The summed E-state index contributed by atoms with van der Waals surface area (Å²) >= 11 is 0. The van der Waals surface area contributed by atoms with E-state index in [1.807, 2.05) is 40.7 Å². The molecule has 1 N–H and O–H groups in total. The Balaban J connectivity index is 0.00000100. The van der Waals surface area contributed by atoms with Crippen molar-refractivity contribution in [1.29, 1.82) is 0 Å². The Morgan fingerprint density at radius 2 is 1.92 bits per heavy atom. The van der Waals surface area contributed by atoms with E-state index in [4.69, 9.17) is 4.98 Å². The molecule has 0 bridgehead atoms. The van der Waals surface area contributed by atoms with E-state index in [0.717, 1.165) is 59.7 Å². The smallest absolute Gasteiger partial charge is 0.142 e. The van der Waals surface area contributed by atoms with Crippen molar-refractivity contribution in [3.8, 4) is 0 Å². The Hall–Kier alpha value is -1.75. The molecule has 1 saturated heterocycles. The first-order valence-corrected chi connectivity index (χ1v) is 9.02. The van der Waals surface area contributed by atoms with Gasteiger partial charge in [-0.2, -0.15) is 0 Å². The van der Waals surface area contributed by atoms with Crippen molar-refractivity contribution < 1.29 is 5.11 Å². The SMILES string of the molecule is CC.CCc1nc(C)cc2nc(C)nc(N3CCCC(C)(O)C3)c12. The maximum atomic E-state index is 10.4. The number of β-amino-alcohol motifs (C(OH)–C–C–N with tert-alkyl or cyclic N) is 1. The Morgan fingerprint density at radius 3 is 2.54 bits per heavy atom. The van der Waals surface area contributed by atoms with Crippen LogP contribution >= 0.6 is 0 Å². The van der Waals surface area contributed by atoms with E-state index >= 15 is 0 Å². The minimum absolute atomic E-state index is 0.607. The monoisotopic (exact) mass is 330 g/mol. The van der Waals surface area contributed by atoms with Crippen LogP contribution in [0.3, 0.4) is 0 Å². The van der Waals surface area contributed by atoms with E-state index < -0.39 is 5.60 Å². The van der Waals surface area contributed by atoms with Gasteiger partial charge in [0.1, 0.15) is 11.6 Å². The molecular weight excluding hydrogens is 300 g/mol. The maximum absolute atomic E-state index is 10.4. The summed E-state index contributed by atoms with van der Waals surface area (Å²) in [6, 6.07) is 2.02. The largest absolute Gasteiger partial charge is 0.388 e. The van der Waals surface area contributed by atoms with Crippen LogP contribution in [0.4, 0.5) is 5.82 Å². The summed E-state index contributed by atoms with van der Waals surface area (Å²) in [7, 11) is 0. The molecule has 24 heavy (non-hydrogen) atoms. The van der Waals surface area contributed by atoms with Gasteiger partial charge in [-0.3, -0.25) is 4.98 Å². The fourth-order valence-corrected chi connectivity index (χ4v) is 3.34. The number of aryl methyl sites for hydroxylation is 3. The highest BCUT2D eigenvalue weighted by Gasteiger charge is 2.30. The molecule has 132 valence electrons. The predicted molar refractivity (Wildman–Crippen MR) is 99.6 cm³/mol. The van der Waals surface area contributed by atoms with Crippen LogP contribution < -0.4 is 4.90 Å². The van der Waals surface area contributed by atoms with Crippen molar-refractivity contribution in [3.05, 3.63) is 23.3 Å². The van der Waals surface area contributed by atoms with E-state index in [9.17, 15) is 5.11 Å². The fourth-order valence-electron chi connectivity index (χ4n) is 3.34. The summed E-state index contributed by atoms with van der Waals surface area (Å²) in [5.41, 5.74) is 2.32. The number of fused-ring (bicyclic) bond motifs is 1. The summed E-state index contributed by atoms with van der Waals surface area (Å²) in [4.78, 5) is 16.2. The summed E-state index contributed by atoms with van der Waals surface area (Å²) < 4.78 is 0. The number of aromatic nitrogens is 3. The molecule has 0 aromatic carbocycles. The lowest BCUT2D eigenvalue weighted by Crippen LogP contribution is -2.46. The van der Waals surface area contributed by atoms with Gasteiger partial charge >= 0.3 is 0 Å². The predicted octanol–water partition coefficient (Wildman–Crippen LogP) is 3.58. The number of rotatable bonds is 2. The normalized spacial score (nSPS) is 20.7. The average molecular weight is 330 g/mol. The van der Waals surface area contributed by atoms with Crippen LogP contribution in [0.25, 0.3) is 10.9 Å². The van der Waals surface area contributed by atoms with Gasteiger partial charge in [0.2, 0.25) is 0 Å². The van der Waals surface area contributed by atoms with E-state index in [-0.39, 0.29) is 0 Å². The molecule has 1 atom stereocenters. The van der Waals surface area contributed by atoms with Gasteiger partial charge in [0.05, 0.1) is 22.2 Å². The lowest BCUT2D eigenvalue weighted by molar-refractivity contribution is 0.0448. The Labute approximate surface area is 145 Å².